The normalized spacial score (nSPS) is 6.29. The van der Waals surface area contributed by atoms with E-state index < -0.39 is 0 Å². The van der Waals surface area contributed by atoms with Crippen LogP contribution in [-0.4, -0.2) is 6.79 Å². The molecule has 2 heteroatoms. The highest BCUT2D eigenvalue weighted by molar-refractivity contribution is 5.10. The summed E-state index contributed by atoms with van der Waals surface area (Å²) < 4.78 is 4.58. The van der Waals surface area contributed by atoms with Crippen LogP contribution in [0, 0.1) is 0 Å². The van der Waals surface area contributed by atoms with Crippen molar-refractivity contribution in [3.8, 4) is 0 Å². The minimum atomic E-state index is 1.62. The molecule has 0 aromatic carbocycles. The molecule has 1 aromatic heterocycles. The first kappa shape index (κ1) is 5.95. The Bertz CT molecular complexity index is 73.0. The fourth-order valence-electron chi connectivity index (χ4n) is 0.227. The van der Waals surface area contributed by atoms with E-state index in [-0.39, 0.29) is 0 Å². The Hall–Kier alpha value is -1.05. The lowest BCUT2D eigenvalue weighted by Gasteiger charge is -1.50. The summed E-state index contributed by atoms with van der Waals surface area (Å²) >= 11 is 0. The zero-order valence-corrected chi connectivity index (χ0v) is 3.83. The third-order valence-corrected chi connectivity index (χ3v) is 0.425. The zero-order valence-electron chi connectivity index (χ0n) is 3.83. The maximum atomic E-state index is 8.00. The lowest BCUT2D eigenvalue weighted by atomic mass is 10.7. The summed E-state index contributed by atoms with van der Waals surface area (Å²) in [6.07, 6.45) is 3.25. The highest BCUT2D eigenvalue weighted by atomic mass is 16.3. The van der Waals surface area contributed by atoms with Crippen LogP contribution in [0.3, 0.4) is 0 Å². The van der Waals surface area contributed by atoms with Crippen molar-refractivity contribution in [3.05, 3.63) is 24.7 Å². The standard InChI is InChI=1S/C4H4O.CH2O/c1-2-4-5-3-1;1-2/h1-4H;1H2. The summed E-state index contributed by atoms with van der Waals surface area (Å²) in [5, 5.41) is 0. The van der Waals surface area contributed by atoms with Crippen LogP contribution in [0.2, 0.25) is 0 Å². The summed E-state index contributed by atoms with van der Waals surface area (Å²) in [5.74, 6) is 0. The molecule has 1 rings (SSSR count). The molecule has 1 aromatic rings. The molecule has 0 unspecified atom stereocenters. The molecule has 0 aliphatic heterocycles. The van der Waals surface area contributed by atoms with E-state index in [2.05, 4.69) is 4.42 Å². The summed E-state index contributed by atoms with van der Waals surface area (Å²) in [7, 11) is 0. The first-order chi connectivity index (χ1) is 3.50. The Kier molecular flexibility index (Phi) is 4.21. The molecule has 0 amide bonds. The van der Waals surface area contributed by atoms with Gasteiger partial charge in [-0.15, -0.1) is 0 Å². The Balaban J connectivity index is 0.000000162. The minimum absolute atomic E-state index is 1.62. The van der Waals surface area contributed by atoms with E-state index in [4.69, 9.17) is 4.79 Å². The summed E-state index contributed by atoms with van der Waals surface area (Å²) in [4.78, 5) is 8.00. The van der Waals surface area contributed by atoms with Crippen LogP contribution in [0.15, 0.2) is 29.1 Å². The number of hydrogen-bond acceptors (Lipinski definition) is 2. The van der Waals surface area contributed by atoms with Gasteiger partial charge in [0.15, 0.2) is 0 Å². The lowest BCUT2D eigenvalue weighted by molar-refractivity contribution is -0.0979. The molecule has 0 fully saturated rings. The fraction of sp³-hybridized carbons (Fsp3) is 0. The van der Waals surface area contributed by atoms with Crippen molar-refractivity contribution < 1.29 is 9.21 Å². The van der Waals surface area contributed by atoms with Crippen molar-refractivity contribution in [1.29, 1.82) is 0 Å². The lowest BCUT2D eigenvalue weighted by Crippen LogP contribution is -1.16. The largest absolute Gasteiger partial charge is 0.473 e. The van der Waals surface area contributed by atoms with Crippen LogP contribution in [0.25, 0.3) is 0 Å². The predicted molar refractivity (Wildman–Crippen MR) is 25.8 cm³/mol. The van der Waals surface area contributed by atoms with E-state index in [0.717, 1.165) is 0 Å². The SMILES string of the molecule is C=O.c1ccoc1. The zero-order chi connectivity index (χ0) is 5.54. The van der Waals surface area contributed by atoms with Gasteiger partial charge in [0, 0.05) is 0 Å². The summed E-state index contributed by atoms with van der Waals surface area (Å²) in [5.41, 5.74) is 0. The Morgan fingerprint density at radius 1 is 1.14 bits per heavy atom. The molecule has 0 bridgehead atoms. The first-order valence-corrected chi connectivity index (χ1v) is 1.76. The molecule has 0 saturated heterocycles. The quantitative estimate of drug-likeness (QED) is 0.486. The van der Waals surface area contributed by atoms with Gasteiger partial charge in [-0.1, -0.05) is 0 Å². The topological polar surface area (TPSA) is 30.2 Å². The fourth-order valence-corrected chi connectivity index (χ4v) is 0.227. The van der Waals surface area contributed by atoms with Gasteiger partial charge in [0.05, 0.1) is 12.5 Å². The van der Waals surface area contributed by atoms with Gasteiger partial charge in [0.1, 0.15) is 6.79 Å². The average Bonchev–Trinajstić information content (AvgIpc) is 2.23. The van der Waals surface area contributed by atoms with Gasteiger partial charge in [-0.05, 0) is 12.1 Å². The molecule has 2 nitrogen and oxygen atoms in total. The molecule has 38 valence electrons. The molecule has 0 spiro atoms. The van der Waals surface area contributed by atoms with E-state index in [0.29, 0.717) is 0 Å². The van der Waals surface area contributed by atoms with Crippen LogP contribution >= 0.6 is 0 Å². The van der Waals surface area contributed by atoms with Crippen LogP contribution in [0.1, 0.15) is 0 Å². The number of carbonyl (C=O) groups excluding carboxylic acids is 1. The van der Waals surface area contributed by atoms with Gasteiger partial charge in [-0.2, -0.15) is 0 Å². The van der Waals surface area contributed by atoms with Gasteiger partial charge in [0.25, 0.3) is 0 Å². The van der Waals surface area contributed by atoms with E-state index in [9.17, 15) is 0 Å². The summed E-state index contributed by atoms with van der Waals surface area (Å²) in [6.45, 7) is 2.00. The van der Waals surface area contributed by atoms with Crippen molar-refractivity contribution in [2.45, 2.75) is 0 Å². The molecule has 7 heavy (non-hydrogen) atoms. The highest BCUT2D eigenvalue weighted by Gasteiger charge is 1.58. The second-order valence-electron chi connectivity index (χ2n) is 0.793. The molecule has 1 heterocycles. The maximum absolute atomic E-state index is 8.00. The predicted octanol–water partition coefficient (Wildman–Crippen LogP) is 1.09. The second-order valence-corrected chi connectivity index (χ2v) is 0.793. The Morgan fingerprint density at radius 2 is 1.57 bits per heavy atom. The van der Waals surface area contributed by atoms with E-state index >= 15 is 0 Å². The molecule has 0 N–H and O–H groups in total. The number of carbonyl (C=O) groups is 1. The molecule has 0 radical (unpaired) electrons. The van der Waals surface area contributed by atoms with Crippen molar-refractivity contribution in [1.82, 2.24) is 0 Å². The molecule has 0 atom stereocenters. The second kappa shape index (κ2) is 4.95. The van der Waals surface area contributed by atoms with Crippen LogP contribution in [-0.2, 0) is 4.79 Å². The van der Waals surface area contributed by atoms with Crippen molar-refractivity contribution in [2.75, 3.05) is 0 Å². The van der Waals surface area contributed by atoms with Gasteiger partial charge in [-0.25, -0.2) is 0 Å². The smallest absolute Gasteiger partial charge is 0.106 e. The van der Waals surface area contributed by atoms with Gasteiger partial charge >= 0.3 is 0 Å². The van der Waals surface area contributed by atoms with Gasteiger partial charge in [0.2, 0.25) is 0 Å². The number of furan rings is 1. The van der Waals surface area contributed by atoms with Crippen molar-refractivity contribution >= 4 is 6.79 Å². The van der Waals surface area contributed by atoms with Crippen molar-refractivity contribution in [3.63, 3.8) is 0 Å². The third kappa shape index (κ3) is 2.76. The van der Waals surface area contributed by atoms with Gasteiger partial charge in [-0.3, -0.25) is 0 Å². The molecular formula is C5H6O2. The molecule has 0 saturated carbocycles. The Morgan fingerprint density at radius 3 is 1.71 bits per heavy atom. The van der Waals surface area contributed by atoms with Gasteiger partial charge < -0.3 is 9.21 Å². The van der Waals surface area contributed by atoms with Crippen LogP contribution < -0.4 is 0 Å². The van der Waals surface area contributed by atoms with Crippen molar-refractivity contribution in [2.24, 2.45) is 0 Å². The Labute approximate surface area is 41.8 Å². The molecule has 0 aliphatic rings. The van der Waals surface area contributed by atoms with Crippen LogP contribution in [0.5, 0.6) is 0 Å². The van der Waals surface area contributed by atoms with E-state index in [1.54, 1.807) is 12.5 Å². The summed E-state index contributed by atoms with van der Waals surface area (Å²) in [6, 6.07) is 3.67. The molecular weight excluding hydrogens is 92.1 g/mol. The van der Waals surface area contributed by atoms with E-state index in [1.807, 2.05) is 18.9 Å². The minimum Gasteiger partial charge on any atom is -0.473 e. The van der Waals surface area contributed by atoms with Crippen LogP contribution in [0.4, 0.5) is 0 Å². The molecule has 0 aliphatic carbocycles. The third-order valence-electron chi connectivity index (χ3n) is 0.425. The average molecular weight is 98.1 g/mol. The van der Waals surface area contributed by atoms with E-state index in [1.165, 1.54) is 0 Å². The number of hydrogen-bond donors (Lipinski definition) is 0. The monoisotopic (exact) mass is 98.0 g/mol. The highest BCUT2D eigenvalue weighted by Crippen LogP contribution is 1.79. The first-order valence-electron chi connectivity index (χ1n) is 1.76. The maximum Gasteiger partial charge on any atom is 0.106 e. The number of rotatable bonds is 0.